The number of likely N-dealkylation sites (tertiary alicyclic amines) is 1. The van der Waals surface area contributed by atoms with Crippen molar-refractivity contribution >= 4 is 17.8 Å². The molecule has 2 unspecified atom stereocenters. The average Bonchev–Trinajstić information content (AvgIpc) is 3.20. The molecule has 3 N–H and O–H groups in total. The first-order chi connectivity index (χ1) is 17.5. The number of carbonyl (C=O) groups is 3. The molecule has 4 aliphatic rings. The van der Waals surface area contributed by atoms with Gasteiger partial charge in [0.05, 0.1) is 18.1 Å². The van der Waals surface area contributed by atoms with Gasteiger partial charge in [-0.2, -0.15) is 0 Å². The molecule has 1 aromatic carbocycles. The molecule has 2 heterocycles. The summed E-state index contributed by atoms with van der Waals surface area (Å²) >= 11 is 0. The van der Waals surface area contributed by atoms with E-state index in [0.717, 1.165) is 29.8 Å². The maximum atomic E-state index is 12.7. The van der Waals surface area contributed by atoms with Gasteiger partial charge in [-0.3, -0.25) is 4.79 Å². The molecule has 1 aromatic rings. The summed E-state index contributed by atoms with van der Waals surface area (Å²) in [6, 6.07) is 2.67. The smallest absolute Gasteiger partial charge is 0.336 e. The summed E-state index contributed by atoms with van der Waals surface area (Å²) in [7, 11) is 3.58. The molecule has 2 aliphatic carbocycles. The molecular formula is C27H32N2O8. The highest BCUT2D eigenvalue weighted by Crippen LogP contribution is 2.65. The molecule has 2 bridgehead atoms. The van der Waals surface area contributed by atoms with Crippen LogP contribution < -0.4 is 14.8 Å². The summed E-state index contributed by atoms with van der Waals surface area (Å²) in [4.78, 5) is 38.4. The Labute approximate surface area is 214 Å². The highest BCUT2D eigenvalue weighted by Gasteiger charge is 2.72. The number of piperidine rings is 1. The number of hydrogen-bond donors (Lipinski definition) is 3. The van der Waals surface area contributed by atoms with Gasteiger partial charge in [-0.05, 0) is 50.1 Å². The Morgan fingerprint density at radius 1 is 1.27 bits per heavy atom. The van der Waals surface area contributed by atoms with Gasteiger partial charge >= 0.3 is 11.9 Å². The van der Waals surface area contributed by atoms with Crippen LogP contribution in [0.25, 0.3) is 0 Å². The van der Waals surface area contributed by atoms with Gasteiger partial charge in [-0.1, -0.05) is 19.9 Å². The molecule has 1 fully saturated rings. The fourth-order valence-corrected chi connectivity index (χ4v) is 6.60. The molecule has 1 amide bonds. The molecule has 1 spiro atoms. The molecule has 0 radical (unpaired) electrons. The minimum atomic E-state index is -1.16. The van der Waals surface area contributed by atoms with E-state index < -0.39 is 41.0 Å². The number of hydrogen-bond acceptors (Lipinski definition) is 8. The molecule has 0 aromatic heterocycles. The predicted octanol–water partition coefficient (Wildman–Crippen LogP) is 1.30. The van der Waals surface area contributed by atoms with Crippen LogP contribution in [0.3, 0.4) is 0 Å². The monoisotopic (exact) mass is 512 g/mol. The average molecular weight is 513 g/mol. The number of likely N-dealkylation sites (N-methyl/N-ethyl adjacent to an activating group) is 1. The Bertz CT molecular complexity index is 1220. The maximum absolute atomic E-state index is 12.7. The van der Waals surface area contributed by atoms with Crippen LogP contribution in [-0.4, -0.2) is 77.4 Å². The lowest BCUT2D eigenvalue weighted by Gasteiger charge is -2.61. The van der Waals surface area contributed by atoms with E-state index >= 15 is 0 Å². The van der Waals surface area contributed by atoms with Crippen LogP contribution in [0.4, 0.5) is 0 Å². The summed E-state index contributed by atoms with van der Waals surface area (Å²) in [5.74, 6) is -1.60. The van der Waals surface area contributed by atoms with Crippen molar-refractivity contribution in [2.75, 3.05) is 20.7 Å². The number of carboxylic acid groups (broad SMARTS) is 1. The van der Waals surface area contributed by atoms with Crippen molar-refractivity contribution in [2.45, 2.75) is 62.3 Å². The third-order valence-electron chi connectivity index (χ3n) is 8.38. The molecule has 10 heteroatoms. The SMILES string of the molecule is COc1ccc2c3c1O[C@H]1C(OC(=O)/C=C/C(=O)NC(C(=O)O)C(C)C)=CC[C@@]4(O)C(C2)N(C)CC[C@]314. The zero-order chi connectivity index (χ0) is 26.7. The number of amides is 1. The third kappa shape index (κ3) is 3.65. The Morgan fingerprint density at radius 2 is 2.03 bits per heavy atom. The van der Waals surface area contributed by atoms with Crippen molar-refractivity contribution in [1.29, 1.82) is 0 Å². The van der Waals surface area contributed by atoms with Gasteiger partial charge in [-0.25, -0.2) is 9.59 Å². The Kier molecular flexibility index (Phi) is 6.07. The lowest BCUT2D eigenvalue weighted by molar-refractivity contribution is -0.168. The molecule has 37 heavy (non-hydrogen) atoms. The van der Waals surface area contributed by atoms with Gasteiger partial charge in [0.1, 0.15) is 11.8 Å². The zero-order valence-corrected chi connectivity index (χ0v) is 21.3. The lowest BCUT2D eigenvalue weighted by Crippen LogP contribution is -2.74. The number of carboxylic acids is 1. The number of methoxy groups -OCH3 is 1. The van der Waals surface area contributed by atoms with Gasteiger partial charge in [0, 0.05) is 30.2 Å². The molecule has 198 valence electrons. The predicted molar refractivity (Wildman–Crippen MR) is 131 cm³/mol. The standard InChI is InChI=1S/C27H32N2O8/c1-14(2)22(25(32)33)28-19(30)7-8-20(31)36-17-9-10-27(34)18-13-15-5-6-16(35-4)23-21(15)26(27,24(17)37-23)11-12-29(18)3/h5-9,14,18,22,24,34H,10-13H2,1-4H3,(H,28,30)(H,32,33)/b8-7+/t18?,22?,24-,26-,27+/m0/s1. The number of aliphatic carboxylic acids is 1. The summed E-state index contributed by atoms with van der Waals surface area (Å²) in [6.07, 6.45) is 4.43. The number of esters is 1. The minimum Gasteiger partial charge on any atom is -0.493 e. The van der Waals surface area contributed by atoms with E-state index in [1.54, 1.807) is 27.0 Å². The molecule has 5 atom stereocenters. The van der Waals surface area contributed by atoms with E-state index in [-0.39, 0.29) is 24.1 Å². The number of benzene rings is 1. The van der Waals surface area contributed by atoms with Crippen LogP contribution in [0, 0.1) is 5.92 Å². The number of carbonyl (C=O) groups excluding carboxylic acids is 2. The Balaban J connectivity index is 1.43. The van der Waals surface area contributed by atoms with Crippen LogP contribution in [0.15, 0.2) is 36.1 Å². The van der Waals surface area contributed by atoms with Crippen LogP contribution in [-0.2, 0) is 31.0 Å². The van der Waals surface area contributed by atoms with Gasteiger partial charge in [0.25, 0.3) is 0 Å². The van der Waals surface area contributed by atoms with Crippen molar-refractivity contribution in [3.63, 3.8) is 0 Å². The number of ether oxygens (including phenoxy) is 3. The van der Waals surface area contributed by atoms with E-state index in [1.165, 1.54) is 0 Å². The quantitative estimate of drug-likeness (QED) is 0.365. The number of rotatable bonds is 7. The van der Waals surface area contributed by atoms with Gasteiger partial charge < -0.3 is 34.6 Å². The summed E-state index contributed by atoms with van der Waals surface area (Å²) in [5.41, 5.74) is 0.0818. The van der Waals surface area contributed by atoms with E-state index in [4.69, 9.17) is 14.2 Å². The van der Waals surface area contributed by atoms with Crippen molar-refractivity contribution in [1.82, 2.24) is 10.2 Å². The first kappa shape index (κ1) is 25.3. The van der Waals surface area contributed by atoms with Crippen molar-refractivity contribution in [3.8, 4) is 11.5 Å². The molecule has 2 aliphatic heterocycles. The first-order valence-corrected chi connectivity index (χ1v) is 12.5. The van der Waals surface area contributed by atoms with E-state index in [1.807, 2.05) is 19.2 Å². The normalized spacial score (nSPS) is 30.3. The summed E-state index contributed by atoms with van der Waals surface area (Å²) in [6.45, 7) is 4.09. The molecule has 0 saturated carbocycles. The lowest BCUT2D eigenvalue weighted by atomic mass is 9.50. The number of nitrogens with zero attached hydrogens (tertiary/aromatic N) is 1. The number of nitrogens with one attached hydrogen (secondary N) is 1. The van der Waals surface area contributed by atoms with Crippen LogP contribution in [0.5, 0.6) is 11.5 Å². The largest absolute Gasteiger partial charge is 0.493 e. The van der Waals surface area contributed by atoms with Gasteiger partial charge in [0.2, 0.25) is 5.91 Å². The second-order valence-electron chi connectivity index (χ2n) is 10.6. The van der Waals surface area contributed by atoms with Crippen LogP contribution in [0.2, 0.25) is 0 Å². The Morgan fingerprint density at radius 3 is 2.70 bits per heavy atom. The van der Waals surface area contributed by atoms with Crippen molar-refractivity contribution < 1.29 is 38.8 Å². The van der Waals surface area contributed by atoms with Crippen LogP contribution in [0.1, 0.15) is 37.8 Å². The summed E-state index contributed by atoms with van der Waals surface area (Å²) in [5, 5.41) is 23.8. The number of aliphatic hydroxyl groups is 1. The van der Waals surface area contributed by atoms with E-state index in [2.05, 4.69) is 10.2 Å². The topological polar surface area (TPSA) is 135 Å². The van der Waals surface area contributed by atoms with E-state index in [0.29, 0.717) is 24.3 Å². The molecule has 10 nitrogen and oxygen atoms in total. The maximum Gasteiger partial charge on any atom is 0.336 e. The van der Waals surface area contributed by atoms with Crippen molar-refractivity contribution in [2.24, 2.45) is 5.92 Å². The Hall–Kier alpha value is -3.37. The molecule has 5 rings (SSSR count). The van der Waals surface area contributed by atoms with Crippen LogP contribution >= 0.6 is 0 Å². The highest BCUT2D eigenvalue weighted by atomic mass is 16.6. The fraction of sp³-hybridized carbons (Fsp3) is 0.519. The molecular weight excluding hydrogens is 480 g/mol. The second kappa shape index (κ2) is 8.88. The van der Waals surface area contributed by atoms with Crippen molar-refractivity contribution in [3.05, 3.63) is 47.2 Å². The molecule has 1 saturated heterocycles. The van der Waals surface area contributed by atoms with Gasteiger partial charge in [0.15, 0.2) is 17.6 Å². The van der Waals surface area contributed by atoms with Gasteiger partial charge in [-0.15, -0.1) is 0 Å². The summed E-state index contributed by atoms with van der Waals surface area (Å²) < 4.78 is 17.7. The second-order valence-corrected chi connectivity index (χ2v) is 10.6. The third-order valence-corrected chi connectivity index (χ3v) is 8.38. The highest BCUT2D eigenvalue weighted by molar-refractivity contribution is 5.96. The first-order valence-electron chi connectivity index (χ1n) is 12.5. The van der Waals surface area contributed by atoms with E-state index in [9.17, 15) is 24.6 Å². The fourth-order valence-electron chi connectivity index (χ4n) is 6.60. The zero-order valence-electron chi connectivity index (χ0n) is 21.3. The minimum absolute atomic E-state index is 0.126.